The van der Waals surface area contributed by atoms with Crippen molar-refractivity contribution in [3.8, 4) is 0 Å². The molecule has 0 aromatic rings. The largest absolute Gasteiger partial charge is 1.00 e. The summed E-state index contributed by atoms with van der Waals surface area (Å²) in [5.74, 6) is -0.0842. The maximum atomic E-state index is 10.3. The molecule has 0 aromatic heterocycles. The van der Waals surface area contributed by atoms with Crippen LogP contribution in [-0.2, 0) is 10.1 Å². The van der Waals surface area contributed by atoms with Crippen molar-refractivity contribution >= 4 is 10.1 Å². The Balaban J connectivity index is -0.000000202. The van der Waals surface area contributed by atoms with E-state index in [9.17, 15) is 8.42 Å². The number of unbranched alkanes of at least 4 members (excludes halogenated alkanes) is 5. The summed E-state index contributed by atoms with van der Waals surface area (Å²) >= 11 is 0. The van der Waals surface area contributed by atoms with Gasteiger partial charge in [0.2, 0.25) is 0 Å². The summed E-state index contributed by atoms with van der Waals surface area (Å²) < 4.78 is 28.9. The minimum atomic E-state index is -3.72. The summed E-state index contributed by atoms with van der Waals surface area (Å²) in [5.41, 5.74) is 0. The molecule has 0 saturated heterocycles. The minimum Gasteiger partial charge on any atom is -1.00 e. The van der Waals surface area contributed by atoms with Gasteiger partial charge in [0.1, 0.15) is 0 Å². The average Bonchev–Trinajstić information content (AvgIpc) is 1.94. The van der Waals surface area contributed by atoms with E-state index in [1.54, 1.807) is 0 Å². The van der Waals surface area contributed by atoms with E-state index in [0.717, 1.165) is 12.8 Å². The van der Waals surface area contributed by atoms with Gasteiger partial charge in [0.15, 0.2) is 0 Å². The Morgan fingerprint density at radius 3 is 1.93 bits per heavy atom. The molecule has 14 heavy (non-hydrogen) atoms. The van der Waals surface area contributed by atoms with Gasteiger partial charge in [-0.3, -0.25) is 4.55 Å². The molecule has 0 spiro atoms. The van der Waals surface area contributed by atoms with Crippen molar-refractivity contribution in [1.29, 1.82) is 0 Å². The summed E-state index contributed by atoms with van der Waals surface area (Å²) in [6.07, 6.45) is 6.14. The Morgan fingerprint density at radius 1 is 1.07 bits per heavy atom. The zero-order chi connectivity index (χ0) is 9.45. The first-order valence-electron chi connectivity index (χ1n) is 4.51. The number of hydrogen-bond acceptors (Lipinski definition) is 2. The molecule has 84 valence electrons. The zero-order valence-corrected chi connectivity index (χ0v) is 11.9. The fourth-order valence-electron chi connectivity index (χ4n) is 1.06. The first-order valence-corrected chi connectivity index (χ1v) is 6.12. The molecule has 0 bridgehead atoms. The Hall–Kier alpha value is 0.870. The normalized spacial score (nSPS) is 10.1. The van der Waals surface area contributed by atoms with Crippen LogP contribution < -0.4 is 29.6 Å². The van der Waals surface area contributed by atoms with E-state index in [4.69, 9.17) is 4.55 Å². The van der Waals surface area contributed by atoms with E-state index in [2.05, 4.69) is 6.92 Å². The van der Waals surface area contributed by atoms with E-state index in [1.807, 2.05) is 0 Å². The van der Waals surface area contributed by atoms with E-state index >= 15 is 0 Å². The maximum absolute atomic E-state index is 10.3. The first-order chi connectivity index (χ1) is 5.56. The van der Waals surface area contributed by atoms with Gasteiger partial charge in [0.05, 0.1) is 5.75 Å². The van der Waals surface area contributed by atoms with Crippen LogP contribution in [0.4, 0.5) is 0 Å². The molecule has 6 heteroatoms. The van der Waals surface area contributed by atoms with Crippen molar-refractivity contribution in [1.82, 2.24) is 0 Å². The Labute approximate surface area is 110 Å². The van der Waals surface area contributed by atoms with Crippen LogP contribution >= 0.6 is 0 Å². The van der Waals surface area contributed by atoms with Crippen molar-refractivity contribution in [3.63, 3.8) is 0 Å². The summed E-state index contributed by atoms with van der Waals surface area (Å²) in [6.45, 7) is 2.14. The third-order valence-corrected chi connectivity index (χ3v) is 2.56. The molecule has 0 heterocycles. The molecule has 0 aliphatic heterocycles. The molecule has 0 aliphatic rings. The molecule has 0 fully saturated rings. The van der Waals surface area contributed by atoms with E-state index in [1.165, 1.54) is 19.3 Å². The maximum Gasteiger partial charge on any atom is 1.00 e. The molecular weight excluding hydrogens is 215 g/mol. The molecular formula is C8H21NaO4S. The van der Waals surface area contributed by atoms with Gasteiger partial charge in [0.25, 0.3) is 10.1 Å². The summed E-state index contributed by atoms with van der Waals surface area (Å²) in [4.78, 5) is 0. The van der Waals surface area contributed by atoms with Crippen LogP contribution in [-0.4, -0.2) is 24.2 Å². The second-order valence-electron chi connectivity index (χ2n) is 3.05. The molecule has 0 aromatic carbocycles. The molecule has 0 atom stereocenters. The second-order valence-corrected chi connectivity index (χ2v) is 4.63. The van der Waals surface area contributed by atoms with Crippen molar-refractivity contribution in [2.45, 2.75) is 45.4 Å². The Kier molecular flexibility index (Phi) is 17.3. The standard InChI is InChI=1S/C8H18O3S.Na.H2O.H/c1-2-3-4-5-6-7-8-12(9,10)11;;;/h2-8H2,1H3,(H,9,10,11);;1H2;/q;+1;;-1. The molecule has 0 rings (SSSR count). The summed E-state index contributed by atoms with van der Waals surface area (Å²) in [6, 6.07) is 0. The predicted molar refractivity (Wildman–Crippen MR) is 54.5 cm³/mol. The third kappa shape index (κ3) is 18.6. The van der Waals surface area contributed by atoms with Crippen molar-refractivity contribution in [3.05, 3.63) is 0 Å². The van der Waals surface area contributed by atoms with E-state index in [0.29, 0.717) is 6.42 Å². The monoisotopic (exact) mass is 236 g/mol. The first kappa shape index (κ1) is 20.3. The van der Waals surface area contributed by atoms with Crippen molar-refractivity contribution in [2.75, 3.05) is 5.75 Å². The van der Waals surface area contributed by atoms with Gasteiger partial charge >= 0.3 is 29.6 Å². The molecule has 0 aliphatic carbocycles. The van der Waals surface area contributed by atoms with Crippen LogP contribution in [0.1, 0.15) is 46.9 Å². The van der Waals surface area contributed by atoms with Gasteiger partial charge in [-0.25, -0.2) is 0 Å². The fourth-order valence-corrected chi connectivity index (χ4v) is 1.63. The van der Waals surface area contributed by atoms with Crippen LogP contribution in [0.2, 0.25) is 0 Å². The van der Waals surface area contributed by atoms with Gasteiger partial charge in [-0.05, 0) is 6.42 Å². The van der Waals surface area contributed by atoms with Gasteiger partial charge in [-0.1, -0.05) is 39.0 Å². The van der Waals surface area contributed by atoms with Crippen molar-refractivity contribution < 1.29 is 49.4 Å². The smallest absolute Gasteiger partial charge is 1.00 e. The van der Waals surface area contributed by atoms with Crippen LogP contribution in [0.5, 0.6) is 0 Å². The molecule has 0 radical (unpaired) electrons. The molecule has 0 amide bonds. The second kappa shape index (κ2) is 11.9. The summed E-state index contributed by atoms with van der Waals surface area (Å²) in [7, 11) is -3.72. The minimum absolute atomic E-state index is 0. The predicted octanol–water partition coefficient (Wildman–Crippen LogP) is -1.47. The molecule has 4 nitrogen and oxygen atoms in total. The topological polar surface area (TPSA) is 85.9 Å². The summed E-state index contributed by atoms with van der Waals surface area (Å²) in [5, 5.41) is 0. The van der Waals surface area contributed by atoms with E-state index in [-0.39, 0.29) is 42.2 Å². The average molecular weight is 236 g/mol. The van der Waals surface area contributed by atoms with Crippen LogP contribution in [0.3, 0.4) is 0 Å². The SMILES string of the molecule is CCCCCCCCS(=O)(=O)O.O.[H-].[Na+]. The van der Waals surface area contributed by atoms with Crippen LogP contribution in [0.15, 0.2) is 0 Å². The molecule has 0 saturated carbocycles. The van der Waals surface area contributed by atoms with Gasteiger partial charge < -0.3 is 6.90 Å². The Bertz CT molecular complexity index is 197. The van der Waals surface area contributed by atoms with E-state index < -0.39 is 10.1 Å². The molecule has 0 unspecified atom stereocenters. The quantitative estimate of drug-likeness (QED) is 0.332. The number of hydrogen-bond donors (Lipinski definition) is 1. The van der Waals surface area contributed by atoms with Crippen molar-refractivity contribution in [2.24, 2.45) is 0 Å². The molecule has 3 N–H and O–H groups in total. The van der Waals surface area contributed by atoms with Crippen LogP contribution in [0.25, 0.3) is 0 Å². The third-order valence-electron chi connectivity index (χ3n) is 1.76. The van der Waals surface area contributed by atoms with Gasteiger partial charge in [-0.2, -0.15) is 8.42 Å². The van der Waals surface area contributed by atoms with Gasteiger partial charge in [-0.15, -0.1) is 0 Å². The van der Waals surface area contributed by atoms with Crippen LogP contribution in [0, 0.1) is 0 Å². The fraction of sp³-hybridized carbons (Fsp3) is 1.00. The zero-order valence-electron chi connectivity index (χ0n) is 10.1. The van der Waals surface area contributed by atoms with Gasteiger partial charge in [0, 0.05) is 0 Å². The number of rotatable bonds is 7. The Morgan fingerprint density at radius 2 is 1.50 bits per heavy atom.